The Morgan fingerprint density at radius 2 is 1.74 bits per heavy atom. The highest BCUT2D eigenvalue weighted by molar-refractivity contribution is 5.81. The van der Waals surface area contributed by atoms with Gasteiger partial charge >= 0.3 is 5.97 Å². The van der Waals surface area contributed by atoms with Crippen LogP contribution in [0, 0.1) is 10.8 Å². The number of carbonyl (C=O) groups is 2. The molecule has 1 heterocycles. The fourth-order valence-electron chi connectivity index (χ4n) is 4.83. The highest BCUT2D eigenvalue weighted by Gasteiger charge is 2.50. The number of nitrogens with zero attached hydrogens (tertiary/aromatic N) is 1. The summed E-state index contributed by atoms with van der Waals surface area (Å²) < 4.78 is 15.6. The van der Waals surface area contributed by atoms with Gasteiger partial charge in [0.2, 0.25) is 0 Å². The molecular formula is C21H29NO5. The third-order valence-electron chi connectivity index (χ3n) is 5.51. The number of hydrogen-bond acceptors (Lipinski definition) is 5. The number of amides is 1. The third kappa shape index (κ3) is 4.73. The molecule has 0 N–H and O–H groups in total. The molecule has 0 unspecified atom stereocenters. The molecule has 0 spiro atoms. The van der Waals surface area contributed by atoms with Crippen molar-refractivity contribution in [2.45, 2.75) is 46.1 Å². The summed E-state index contributed by atoms with van der Waals surface area (Å²) in [7, 11) is 1.58. The van der Waals surface area contributed by atoms with Crippen molar-refractivity contribution in [3.63, 3.8) is 0 Å². The number of esters is 1. The smallest absolute Gasteiger partial charge is 0.344 e. The Bertz CT molecular complexity index is 699. The lowest BCUT2D eigenvalue weighted by atomic mass is 9.65. The van der Waals surface area contributed by atoms with Gasteiger partial charge < -0.3 is 19.1 Å². The van der Waals surface area contributed by atoms with Gasteiger partial charge in [0.25, 0.3) is 5.91 Å². The van der Waals surface area contributed by atoms with Crippen LogP contribution >= 0.6 is 0 Å². The molecule has 1 saturated carbocycles. The first-order valence-corrected chi connectivity index (χ1v) is 9.42. The molecule has 6 heteroatoms. The number of hydrogen-bond donors (Lipinski definition) is 0. The van der Waals surface area contributed by atoms with Gasteiger partial charge in [0, 0.05) is 12.6 Å². The SMILES string of the molecule is COc1ccc(OCC(=O)OCC(=O)N2C[C@@]3(C)C[C@H]2CC(C)(C)C3)cc1. The predicted molar refractivity (Wildman–Crippen MR) is 101 cm³/mol. The van der Waals surface area contributed by atoms with Crippen LogP contribution in [0.1, 0.15) is 40.0 Å². The van der Waals surface area contributed by atoms with Gasteiger partial charge in [0.15, 0.2) is 13.2 Å². The van der Waals surface area contributed by atoms with Crippen LogP contribution in [-0.4, -0.2) is 49.7 Å². The number of rotatable bonds is 6. The van der Waals surface area contributed by atoms with Crippen molar-refractivity contribution in [3.8, 4) is 11.5 Å². The zero-order chi connectivity index (χ0) is 19.7. The first-order valence-electron chi connectivity index (χ1n) is 9.42. The van der Waals surface area contributed by atoms with Gasteiger partial charge in [0.1, 0.15) is 11.5 Å². The lowest BCUT2D eigenvalue weighted by molar-refractivity contribution is -0.154. The van der Waals surface area contributed by atoms with E-state index in [-0.39, 0.29) is 36.0 Å². The van der Waals surface area contributed by atoms with Crippen molar-refractivity contribution in [3.05, 3.63) is 24.3 Å². The van der Waals surface area contributed by atoms with Crippen molar-refractivity contribution >= 4 is 11.9 Å². The topological polar surface area (TPSA) is 65.1 Å². The number of methoxy groups -OCH3 is 1. The Labute approximate surface area is 160 Å². The monoisotopic (exact) mass is 375 g/mol. The summed E-state index contributed by atoms with van der Waals surface area (Å²) in [5.41, 5.74) is 0.416. The molecule has 1 aliphatic heterocycles. The van der Waals surface area contributed by atoms with Crippen LogP contribution in [0.5, 0.6) is 11.5 Å². The number of benzene rings is 1. The Balaban J connectivity index is 1.45. The van der Waals surface area contributed by atoms with Crippen molar-refractivity contribution in [1.29, 1.82) is 0 Å². The number of carbonyl (C=O) groups excluding carboxylic acids is 2. The van der Waals surface area contributed by atoms with Crippen LogP contribution < -0.4 is 9.47 Å². The zero-order valence-corrected chi connectivity index (χ0v) is 16.6. The summed E-state index contributed by atoms with van der Waals surface area (Å²) in [4.78, 5) is 26.4. The van der Waals surface area contributed by atoms with Gasteiger partial charge in [-0.25, -0.2) is 4.79 Å². The number of fused-ring (bicyclic) bond motifs is 2. The van der Waals surface area contributed by atoms with Crippen LogP contribution in [0.2, 0.25) is 0 Å². The van der Waals surface area contributed by atoms with Gasteiger partial charge in [-0.1, -0.05) is 20.8 Å². The van der Waals surface area contributed by atoms with E-state index in [1.807, 2.05) is 4.90 Å². The van der Waals surface area contributed by atoms with Crippen LogP contribution in [0.15, 0.2) is 24.3 Å². The molecule has 1 amide bonds. The van der Waals surface area contributed by atoms with E-state index < -0.39 is 5.97 Å². The van der Waals surface area contributed by atoms with Crippen LogP contribution in [0.25, 0.3) is 0 Å². The van der Waals surface area contributed by atoms with E-state index in [1.165, 1.54) is 0 Å². The minimum absolute atomic E-state index is 0.112. The van der Waals surface area contributed by atoms with Gasteiger partial charge in [0.05, 0.1) is 7.11 Å². The molecule has 2 fully saturated rings. The predicted octanol–water partition coefficient (Wildman–Crippen LogP) is 3.04. The fourth-order valence-corrected chi connectivity index (χ4v) is 4.83. The average Bonchev–Trinajstić information content (AvgIpc) is 2.87. The Morgan fingerprint density at radius 1 is 1.07 bits per heavy atom. The van der Waals surface area contributed by atoms with Gasteiger partial charge in [-0.05, 0) is 54.4 Å². The molecule has 2 aliphatic rings. The molecule has 148 valence electrons. The molecule has 1 aliphatic carbocycles. The van der Waals surface area contributed by atoms with E-state index in [9.17, 15) is 9.59 Å². The molecular weight excluding hydrogens is 346 g/mol. The normalized spacial score (nSPS) is 25.8. The summed E-state index contributed by atoms with van der Waals surface area (Å²) in [6.45, 7) is 7.08. The van der Waals surface area contributed by atoms with Gasteiger partial charge in [-0.2, -0.15) is 0 Å². The molecule has 1 aromatic carbocycles. The first-order chi connectivity index (χ1) is 12.7. The highest BCUT2D eigenvalue weighted by atomic mass is 16.6. The zero-order valence-electron chi connectivity index (χ0n) is 16.6. The maximum absolute atomic E-state index is 12.6. The van der Waals surface area contributed by atoms with E-state index >= 15 is 0 Å². The van der Waals surface area contributed by atoms with E-state index in [0.29, 0.717) is 11.5 Å². The lowest BCUT2D eigenvalue weighted by Crippen LogP contribution is -2.40. The summed E-state index contributed by atoms with van der Waals surface area (Å²) in [6, 6.07) is 7.17. The molecule has 3 rings (SSSR count). The minimum atomic E-state index is -0.548. The highest BCUT2D eigenvalue weighted by Crippen LogP contribution is 2.52. The van der Waals surface area contributed by atoms with E-state index in [1.54, 1.807) is 31.4 Å². The summed E-state index contributed by atoms with van der Waals surface area (Å²) in [5, 5.41) is 0. The van der Waals surface area contributed by atoms with Gasteiger partial charge in [-0.15, -0.1) is 0 Å². The second kappa shape index (κ2) is 7.41. The van der Waals surface area contributed by atoms with E-state index in [4.69, 9.17) is 14.2 Å². The molecule has 27 heavy (non-hydrogen) atoms. The van der Waals surface area contributed by atoms with Gasteiger partial charge in [-0.3, -0.25) is 4.79 Å². The molecule has 2 atom stereocenters. The lowest BCUT2D eigenvalue weighted by Gasteiger charge is -2.39. The summed E-state index contributed by atoms with van der Waals surface area (Å²) in [5.74, 6) is 0.595. The van der Waals surface area contributed by atoms with Crippen molar-refractivity contribution in [2.75, 3.05) is 26.9 Å². The summed E-state index contributed by atoms with van der Waals surface area (Å²) >= 11 is 0. The Hall–Kier alpha value is -2.24. The maximum Gasteiger partial charge on any atom is 0.344 e. The van der Waals surface area contributed by atoms with E-state index in [0.717, 1.165) is 25.8 Å². The largest absolute Gasteiger partial charge is 0.497 e. The molecule has 1 saturated heterocycles. The quantitative estimate of drug-likeness (QED) is 0.715. The van der Waals surface area contributed by atoms with Crippen LogP contribution in [-0.2, 0) is 14.3 Å². The standard InChI is InChI=1S/C21H29NO5/c1-20(2)9-15-10-21(3,13-20)14-22(15)18(23)11-27-19(24)12-26-17-7-5-16(25-4)6-8-17/h5-8,15H,9-14H2,1-4H3/t15-,21+/m1/s1. The first kappa shape index (κ1) is 19.5. The Kier molecular flexibility index (Phi) is 5.36. The van der Waals surface area contributed by atoms with Crippen molar-refractivity contribution < 1.29 is 23.8 Å². The molecule has 0 radical (unpaired) electrons. The maximum atomic E-state index is 12.6. The molecule has 1 aromatic rings. The fraction of sp³-hybridized carbons (Fsp3) is 0.619. The second-order valence-corrected chi connectivity index (χ2v) is 8.86. The third-order valence-corrected chi connectivity index (χ3v) is 5.51. The molecule has 6 nitrogen and oxygen atoms in total. The number of likely N-dealkylation sites (tertiary alicyclic amines) is 1. The van der Waals surface area contributed by atoms with Crippen LogP contribution in [0.3, 0.4) is 0 Å². The van der Waals surface area contributed by atoms with Crippen molar-refractivity contribution in [1.82, 2.24) is 4.90 Å². The summed E-state index contributed by atoms with van der Waals surface area (Å²) in [6.07, 6.45) is 3.16. The minimum Gasteiger partial charge on any atom is -0.497 e. The Morgan fingerprint density at radius 3 is 2.41 bits per heavy atom. The number of ether oxygens (including phenoxy) is 3. The average molecular weight is 375 g/mol. The molecule has 2 bridgehead atoms. The van der Waals surface area contributed by atoms with Crippen LogP contribution in [0.4, 0.5) is 0 Å². The second-order valence-electron chi connectivity index (χ2n) is 8.86. The molecule has 0 aromatic heterocycles. The van der Waals surface area contributed by atoms with Crippen molar-refractivity contribution in [2.24, 2.45) is 10.8 Å². The van der Waals surface area contributed by atoms with E-state index in [2.05, 4.69) is 20.8 Å².